The quantitative estimate of drug-likeness (QED) is 0.741. The molecule has 1 aromatic carbocycles. The lowest BCUT2D eigenvalue weighted by Gasteiger charge is -2.16. The summed E-state index contributed by atoms with van der Waals surface area (Å²) in [5, 5.41) is 18.8. The Morgan fingerprint density at radius 2 is 1.96 bits per heavy atom. The van der Waals surface area contributed by atoms with E-state index in [1.807, 2.05) is 30.3 Å². The first-order valence-electron chi connectivity index (χ1n) is 7.23. The monoisotopic (exact) mass is 333 g/mol. The highest BCUT2D eigenvalue weighted by Crippen LogP contribution is 2.33. The molecule has 0 aliphatic rings. The Balaban J connectivity index is 2.41. The number of esters is 1. The van der Waals surface area contributed by atoms with E-state index in [9.17, 15) is 9.90 Å². The Kier molecular flexibility index (Phi) is 6.11. The molecule has 0 radical (unpaired) electrons. The molecule has 1 heterocycles. The average Bonchev–Trinajstić information content (AvgIpc) is 2.65. The van der Waals surface area contributed by atoms with Crippen molar-refractivity contribution in [2.75, 3.05) is 20.8 Å². The molecule has 0 aliphatic carbocycles. The molecule has 0 saturated heterocycles. The molecule has 2 aromatic rings. The zero-order valence-corrected chi connectivity index (χ0v) is 13.4. The van der Waals surface area contributed by atoms with Gasteiger partial charge in [0.15, 0.2) is 17.2 Å². The van der Waals surface area contributed by atoms with Crippen molar-refractivity contribution in [3.63, 3.8) is 0 Å². The van der Waals surface area contributed by atoms with Crippen LogP contribution in [0.1, 0.15) is 27.8 Å². The fraction of sp³-hybridized carbons (Fsp3) is 0.294. The predicted molar refractivity (Wildman–Crippen MR) is 84.9 cm³/mol. The number of nitrogens with zero attached hydrogens (tertiary/aromatic N) is 1. The van der Waals surface area contributed by atoms with Gasteiger partial charge in [-0.25, -0.2) is 9.78 Å². The van der Waals surface area contributed by atoms with Crippen LogP contribution in [0, 0.1) is 0 Å². The van der Waals surface area contributed by atoms with Gasteiger partial charge in [-0.05, 0) is 5.56 Å². The third-order valence-electron chi connectivity index (χ3n) is 3.30. The van der Waals surface area contributed by atoms with Crippen molar-refractivity contribution >= 4 is 5.97 Å². The molecule has 0 fully saturated rings. The number of ether oxygens (including phenoxy) is 3. The Labute approximate surface area is 139 Å². The van der Waals surface area contributed by atoms with Gasteiger partial charge in [-0.3, -0.25) is 0 Å². The van der Waals surface area contributed by atoms with E-state index < -0.39 is 18.7 Å². The van der Waals surface area contributed by atoms with Crippen molar-refractivity contribution in [2.45, 2.75) is 12.7 Å². The molecule has 1 aromatic heterocycles. The zero-order chi connectivity index (χ0) is 17.5. The Bertz CT molecular complexity index is 689. The van der Waals surface area contributed by atoms with E-state index in [0.29, 0.717) is 0 Å². The maximum atomic E-state index is 12.0. The van der Waals surface area contributed by atoms with E-state index in [0.717, 1.165) is 5.56 Å². The second-order valence-corrected chi connectivity index (χ2v) is 4.89. The van der Waals surface area contributed by atoms with Gasteiger partial charge < -0.3 is 24.4 Å². The maximum absolute atomic E-state index is 12.0. The Hall–Kier alpha value is -2.64. The zero-order valence-electron chi connectivity index (χ0n) is 13.4. The summed E-state index contributed by atoms with van der Waals surface area (Å²) in [6.07, 6.45) is -1.24. The lowest BCUT2D eigenvalue weighted by Crippen LogP contribution is -2.14. The molecule has 0 spiro atoms. The van der Waals surface area contributed by atoms with Gasteiger partial charge in [0.1, 0.15) is 12.7 Å². The van der Waals surface area contributed by atoms with Gasteiger partial charge in [0, 0.05) is 6.07 Å². The number of rotatable bonds is 7. The Morgan fingerprint density at radius 1 is 1.25 bits per heavy atom. The van der Waals surface area contributed by atoms with Crippen molar-refractivity contribution < 1.29 is 29.2 Å². The summed E-state index contributed by atoms with van der Waals surface area (Å²) in [5.74, 6) is -0.408. The highest BCUT2D eigenvalue weighted by atomic mass is 16.5. The summed E-state index contributed by atoms with van der Waals surface area (Å²) < 4.78 is 15.7. The van der Waals surface area contributed by atoms with Crippen molar-refractivity contribution in [2.24, 2.45) is 0 Å². The average molecular weight is 333 g/mol. The summed E-state index contributed by atoms with van der Waals surface area (Å²) in [5.41, 5.74) is 0.854. The number of carbonyl (C=O) groups is 1. The second-order valence-electron chi connectivity index (χ2n) is 4.89. The number of pyridine rings is 1. The van der Waals surface area contributed by atoms with Crippen LogP contribution in [0.15, 0.2) is 36.4 Å². The highest BCUT2D eigenvalue weighted by Gasteiger charge is 2.24. The van der Waals surface area contributed by atoms with Crippen molar-refractivity contribution in [3.8, 4) is 11.5 Å². The van der Waals surface area contributed by atoms with Crippen LogP contribution in [-0.2, 0) is 11.3 Å². The van der Waals surface area contributed by atoms with E-state index in [4.69, 9.17) is 19.3 Å². The molecule has 7 nitrogen and oxygen atoms in total. The molecule has 128 valence electrons. The summed E-state index contributed by atoms with van der Waals surface area (Å²) in [6.45, 7) is -0.342. The summed E-state index contributed by atoms with van der Waals surface area (Å²) in [4.78, 5) is 16.1. The number of carbonyl (C=O) groups excluding carboxylic acids is 1. The SMILES string of the molecule is COC(=O)c1nc(C(O)CO)cc(OC)c1OCc1ccccc1. The van der Waals surface area contributed by atoms with Gasteiger partial charge in [0.2, 0.25) is 0 Å². The number of methoxy groups -OCH3 is 2. The van der Waals surface area contributed by atoms with Crippen LogP contribution in [0.2, 0.25) is 0 Å². The maximum Gasteiger partial charge on any atom is 0.360 e. The van der Waals surface area contributed by atoms with Gasteiger partial charge in [-0.1, -0.05) is 30.3 Å². The minimum Gasteiger partial charge on any atom is -0.493 e. The highest BCUT2D eigenvalue weighted by molar-refractivity contribution is 5.91. The molecule has 2 N–H and O–H groups in total. The molecule has 0 amide bonds. The Morgan fingerprint density at radius 3 is 2.54 bits per heavy atom. The molecule has 0 saturated carbocycles. The van der Waals surface area contributed by atoms with E-state index >= 15 is 0 Å². The van der Waals surface area contributed by atoms with E-state index in [1.165, 1.54) is 20.3 Å². The van der Waals surface area contributed by atoms with Crippen LogP contribution in [-0.4, -0.2) is 42.0 Å². The third kappa shape index (κ3) is 4.01. The van der Waals surface area contributed by atoms with Gasteiger partial charge >= 0.3 is 5.97 Å². The summed E-state index contributed by atoms with van der Waals surface area (Å²) >= 11 is 0. The standard InChI is InChI=1S/C17H19NO6/c1-22-14-8-12(13(20)9-19)18-15(17(21)23-2)16(14)24-10-11-6-4-3-5-7-11/h3-8,13,19-20H,9-10H2,1-2H3. The molecule has 7 heteroatoms. The van der Waals surface area contributed by atoms with Crippen LogP contribution in [0.3, 0.4) is 0 Å². The van der Waals surface area contributed by atoms with Crippen LogP contribution < -0.4 is 9.47 Å². The minimum atomic E-state index is -1.24. The number of hydrogen-bond donors (Lipinski definition) is 2. The normalized spacial score (nSPS) is 11.7. The third-order valence-corrected chi connectivity index (χ3v) is 3.30. The lowest BCUT2D eigenvalue weighted by atomic mass is 10.2. The van der Waals surface area contributed by atoms with Crippen LogP contribution in [0.5, 0.6) is 11.5 Å². The number of benzene rings is 1. The molecular weight excluding hydrogens is 314 g/mol. The molecular formula is C17H19NO6. The van der Waals surface area contributed by atoms with E-state index in [2.05, 4.69) is 4.98 Å². The number of aliphatic hydroxyl groups is 2. The molecule has 0 aliphatic heterocycles. The van der Waals surface area contributed by atoms with E-state index in [-0.39, 0.29) is 29.5 Å². The van der Waals surface area contributed by atoms with Crippen LogP contribution >= 0.6 is 0 Å². The first-order chi connectivity index (χ1) is 11.6. The number of aromatic nitrogens is 1. The summed E-state index contributed by atoms with van der Waals surface area (Å²) in [7, 11) is 2.62. The largest absolute Gasteiger partial charge is 0.493 e. The van der Waals surface area contributed by atoms with Crippen molar-refractivity contribution in [3.05, 3.63) is 53.3 Å². The van der Waals surface area contributed by atoms with Gasteiger partial charge in [0.25, 0.3) is 0 Å². The lowest BCUT2D eigenvalue weighted by molar-refractivity contribution is 0.0582. The van der Waals surface area contributed by atoms with Gasteiger partial charge in [-0.15, -0.1) is 0 Å². The van der Waals surface area contributed by atoms with Gasteiger partial charge in [-0.2, -0.15) is 0 Å². The second kappa shape index (κ2) is 8.28. The molecule has 0 bridgehead atoms. The number of aliphatic hydroxyl groups excluding tert-OH is 2. The smallest absolute Gasteiger partial charge is 0.360 e. The minimum absolute atomic E-state index is 0.0850. The van der Waals surface area contributed by atoms with E-state index in [1.54, 1.807) is 0 Å². The first kappa shape index (κ1) is 17.7. The molecule has 24 heavy (non-hydrogen) atoms. The topological polar surface area (TPSA) is 98.1 Å². The fourth-order valence-corrected chi connectivity index (χ4v) is 2.05. The summed E-state index contributed by atoms with van der Waals surface area (Å²) in [6, 6.07) is 10.8. The first-order valence-corrected chi connectivity index (χ1v) is 7.23. The van der Waals surface area contributed by atoms with Crippen molar-refractivity contribution in [1.82, 2.24) is 4.98 Å². The molecule has 1 atom stereocenters. The van der Waals surface area contributed by atoms with Gasteiger partial charge in [0.05, 0.1) is 26.5 Å². The number of hydrogen-bond acceptors (Lipinski definition) is 7. The molecule has 2 rings (SSSR count). The van der Waals surface area contributed by atoms with Crippen LogP contribution in [0.4, 0.5) is 0 Å². The predicted octanol–water partition coefficient (Wildman–Crippen LogP) is 1.48. The van der Waals surface area contributed by atoms with Crippen LogP contribution in [0.25, 0.3) is 0 Å². The van der Waals surface area contributed by atoms with Crippen molar-refractivity contribution in [1.29, 1.82) is 0 Å². The molecule has 1 unspecified atom stereocenters. The fourth-order valence-electron chi connectivity index (χ4n) is 2.05.